The number of halogens is 4. The van der Waals surface area contributed by atoms with Crippen LogP contribution in [0.25, 0.3) is 11.0 Å². The fraction of sp³-hybridized carbons (Fsp3) is 0.357. The molecule has 1 aliphatic heterocycles. The summed E-state index contributed by atoms with van der Waals surface area (Å²) in [5.41, 5.74) is 1.31. The molecule has 0 radical (unpaired) electrons. The van der Waals surface area contributed by atoms with E-state index < -0.39 is 12.0 Å². The maximum atomic E-state index is 12.9. The highest BCUT2D eigenvalue weighted by molar-refractivity contribution is 6.31. The molecule has 126 valence electrons. The van der Waals surface area contributed by atoms with E-state index in [1.54, 1.807) is 18.2 Å². The van der Waals surface area contributed by atoms with Crippen LogP contribution in [-0.2, 0) is 25.8 Å². The fourth-order valence-corrected chi connectivity index (χ4v) is 3.01. The standard InChI is InChI=1S/C14H11ClF3N5O/c15-8-1-2-11-9(5-8)10(21-24-11)6-22-3-4-23-12(7-22)19-20-13(23)14(16,17)18/h1-2,5H,3-4,6-7H2. The lowest BCUT2D eigenvalue weighted by Gasteiger charge is -2.27. The lowest BCUT2D eigenvalue weighted by Crippen LogP contribution is -2.35. The van der Waals surface area contributed by atoms with Crippen LogP contribution in [0.15, 0.2) is 22.7 Å². The van der Waals surface area contributed by atoms with Crippen molar-refractivity contribution in [2.75, 3.05) is 6.54 Å². The second-order valence-electron chi connectivity index (χ2n) is 5.57. The molecule has 10 heteroatoms. The monoisotopic (exact) mass is 357 g/mol. The van der Waals surface area contributed by atoms with Crippen molar-refractivity contribution in [1.82, 2.24) is 24.8 Å². The summed E-state index contributed by atoms with van der Waals surface area (Å²) in [4.78, 5) is 1.95. The number of alkyl halides is 3. The van der Waals surface area contributed by atoms with E-state index in [0.29, 0.717) is 35.2 Å². The molecular formula is C14H11ClF3N5O. The van der Waals surface area contributed by atoms with E-state index in [9.17, 15) is 13.2 Å². The van der Waals surface area contributed by atoms with Crippen molar-refractivity contribution in [3.8, 4) is 0 Å². The third-order valence-corrected chi connectivity index (χ3v) is 4.20. The minimum Gasteiger partial charge on any atom is -0.356 e. The summed E-state index contributed by atoms with van der Waals surface area (Å²) in [7, 11) is 0. The molecule has 1 aliphatic rings. The summed E-state index contributed by atoms with van der Waals surface area (Å²) < 4.78 is 44.9. The van der Waals surface area contributed by atoms with Gasteiger partial charge in [-0.1, -0.05) is 16.8 Å². The van der Waals surface area contributed by atoms with Gasteiger partial charge in [0, 0.05) is 30.0 Å². The van der Waals surface area contributed by atoms with Gasteiger partial charge in [0.25, 0.3) is 0 Å². The van der Waals surface area contributed by atoms with E-state index in [1.807, 2.05) is 4.90 Å². The Balaban J connectivity index is 1.57. The van der Waals surface area contributed by atoms with Crippen LogP contribution in [0, 0.1) is 0 Å². The van der Waals surface area contributed by atoms with Gasteiger partial charge in [0.1, 0.15) is 11.5 Å². The van der Waals surface area contributed by atoms with E-state index >= 15 is 0 Å². The molecule has 0 N–H and O–H groups in total. The Kier molecular flexibility index (Phi) is 3.50. The van der Waals surface area contributed by atoms with Crippen LogP contribution in [0.3, 0.4) is 0 Å². The van der Waals surface area contributed by atoms with E-state index in [4.69, 9.17) is 16.1 Å². The van der Waals surface area contributed by atoms with Gasteiger partial charge in [0.2, 0.25) is 5.82 Å². The van der Waals surface area contributed by atoms with Gasteiger partial charge < -0.3 is 9.09 Å². The molecule has 3 heterocycles. The largest absolute Gasteiger partial charge is 0.451 e. The van der Waals surface area contributed by atoms with E-state index in [2.05, 4.69) is 15.4 Å². The van der Waals surface area contributed by atoms with Crippen molar-refractivity contribution in [2.24, 2.45) is 0 Å². The summed E-state index contributed by atoms with van der Waals surface area (Å²) in [6.07, 6.45) is -4.49. The number of nitrogens with zero attached hydrogens (tertiary/aromatic N) is 5. The van der Waals surface area contributed by atoms with Gasteiger partial charge in [-0.25, -0.2) is 0 Å². The Morgan fingerprint density at radius 2 is 2.04 bits per heavy atom. The molecular weight excluding hydrogens is 347 g/mol. The van der Waals surface area contributed by atoms with Gasteiger partial charge in [-0.3, -0.25) is 4.90 Å². The van der Waals surface area contributed by atoms with E-state index in [0.717, 1.165) is 9.95 Å². The second-order valence-corrected chi connectivity index (χ2v) is 6.01. The van der Waals surface area contributed by atoms with Crippen molar-refractivity contribution in [3.63, 3.8) is 0 Å². The van der Waals surface area contributed by atoms with Gasteiger partial charge >= 0.3 is 6.18 Å². The minimum absolute atomic E-state index is 0.174. The summed E-state index contributed by atoms with van der Waals surface area (Å²) in [6.45, 7) is 1.30. The van der Waals surface area contributed by atoms with Crippen LogP contribution >= 0.6 is 11.6 Å². The maximum absolute atomic E-state index is 12.9. The molecule has 0 saturated carbocycles. The van der Waals surface area contributed by atoms with Crippen molar-refractivity contribution in [2.45, 2.75) is 25.8 Å². The predicted octanol–water partition coefficient (Wildman–Crippen LogP) is 3.11. The van der Waals surface area contributed by atoms with Gasteiger partial charge in [-0.15, -0.1) is 10.2 Å². The SMILES string of the molecule is FC(F)(F)c1nnc2n1CCN(Cc1noc3ccc(Cl)cc13)C2. The lowest BCUT2D eigenvalue weighted by atomic mass is 10.2. The minimum atomic E-state index is -4.49. The number of benzene rings is 1. The fourth-order valence-electron chi connectivity index (χ4n) is 2.84. The van der Waals surface area contributed by atoms with Crippen LogP contribution in [0.1, 0.15) is 17.3 Å². The van der Waals surface area contributed by atoms with Crippen LogP contribution in [0.4, 0.5) is 13.2 Å². The highest BCUT2D eigenvalue weighted by atomic mass is 35.5. The Labute approximate surface area is 138 Å². The first kappa shape index (κ1) is 15.4. The molecule has 0 spiro atoms. The van der Waals surface area contributed by atoms with Crippen molar-refractivity contribution in [1.29, 1.82) is 0 Å². The molecule has 4 rings (SSSR count). The second kappa shape index (κ2) is 5.45. The molecule has 0 atom stereocenters. The molecule has 0 unspecified atom stereocenters. The highest BCUT2D eigenvalue weighted by Crippen LogP contribution is 2.30. The zero-order chi connectivity index (χ0) is 16.9. The number of aromatic nitrogens is 4. The first-order valence-electron chi connectivity index (χ1n) is 7.17. The normalized spacial score (nSPS) is 15.8. The van der Waals surface area contributed by atoms with Crippen LogP contribution in [0.5, 0.6) is 0 Å². The number of rotatable bonds is 2. The van der Waals surface area contributed by atoms with E-state index in [1.165, 1.54) is 0 Å². The Morgan fingerprint density at radius 1 is 1.21 bits per heavy atom. The Hall–Kier alpha value is -2.13. The summed E-state index contributed by atoms with van der Waals surface area (Å²) >= 11 is 5.99. The number of hydrogen-bond acceptors (Lipinski definition) is 5. The van der Waals surface area contributed by atoms with Crippen LogP contribution < -0.4 is 0 Å². The molecule has 3 aromatic rings. The van der Waals surface area contributed by atoms with Gasteiger partial charge in [-0.2, -0.15) is 13.2 Å². The lowest BCUT2D eigenvalue weighted by molar-refractivity contribution is -0.148. The van der Waals surface area contributed by atoms with Crippen LogP contribution in [0.2, 0.25) is 5.02 Å². The molecule has 2 aromatic heterocycles. The van der Waals surface area contributed by atoms with Crippen molar-refractivity contribution < 1.29 is 17.7 Å². The quantitative estimate of drug-likeness (QED) is 0.705. The molecule has 24 heavy (non-hydrogen) atoms. The predicted molar refractivity (Wildman–Crippen MR) is 78.2 cm³/mol. The van der Waals surface area contributed by atoms with E-state index in [-0.39, 0.29) is 13.1 Å². The molecule has 0 amide bonds. The van der Waals surface area contributed by atoms with Crippen molar-refractivity contribution >= 4 is 22.6 Å². The number of fused-ring (bicyclic) bond motifs is 2. The van der Waals surface area contributed by atoms with Gasteiger partial charge in [0.15, 0.2) is 5.58 Å². The zero-order valence-electron chi connectivity index (χ0n) is 12.2. The average Bonchev–Trinajstić information content (AvgIpc) is 3.11. The summed E-state index contributed by atoms with van der Waals surface area (Å²) in [5, 5.41) is 12.3. The zero-order valence-corrected chi connectivity index (χ0v) is 13.0. The van der Waals surface area contributed by atoms with Crippen molar-refractivity contribution in [3.05, 3.63) is 40.6 Å². The topological polar surface area (TPSA) is 60.0 Å². The Morgan fingerprint density at radius 3 is 2.83 bits per heavy atom. The molecule has 0 saturated heterocycles. The molecule has 0 fully saturated rings. The highest BCUT2D eigenvalue weighted by Gasteiger charge is 2.39. The molecule has 1 aromatic carbocycles. The average molecular weight is 358 g/mol. The summed E-state index contributed by atoms with van der Waals surface area (Å²) in [5.74, 6) is -0.657. The summed E-state index contributed by atoms with van der Waals surface area (Å²) in [6, 6.07) is 5.20. The maximum Gasteiger partial charge on any atom is 0.451 e. The first-order chi connectivity index (χ1) is 11.4. The van der Waals surface area contributed by atoms with Gasteiger partial charge in [0.05, 0.1) is 6.54 Å². The molecule has 0 aliphatic carbocycles. The first-order valence-corrected chi connectivity index (χ1v) is 7.55. The van der Waals surface area contributed by atoms with Gasteiger partial charge in [-0.05, 0) is 18.2 Å². The van der Waals surface area contributed by atoms with Crippen LogP contribution in [-0.4, -0.2) is 31.4 Å². The number of hydrogen-bond donors (Lipinski definition) is 0. The Bertz CT molecular complexity index is 904. The third kappa shape index (κ3) is 2.63. The molecule has 0 bridgehead atoms. The smallest absolute Gasteiger partial charge is 0.356 e. The third-order valence-electron chi connectivity index (χ3n) is 3.97. The molecule has 6 nitrogen and oxygen atoms in total.